The van der Waals surface area contributed by atoms with Gasteiger partial charge >= 0.3 is 0 Å². The maximum absolute atomic E-state index is 12.6. The Kier molecular flexibility index (Phi) is 5.96. The summed E-state index contributed by atoms with van der Waals surface area (Å²) in [5.41, 5.74) is 2.81. The number of methoxy groups -OCH3 is 1. The second-order valence-corrected chi connectivity index (χ2v) is 6.62. The van der Waals surface area contributed by atoms with Crippen LogP contribution in [-0.4, -0.2) is 50.0 Å². The van der Waals surface area contributed by atoms with Gasteiger partial charge in [0.1, 0.15) is 5.75 Å². The summed E-state index contributed by atoms with van der Waals surface area (Å²) in [7, 11) is 1.67. The maximum Gasteiger partial charge on any atom is 0.227 e. The molecule has 0 aliphatic carbocycles. The van der Waals surface area contributed by atoms with Crippen LogP contribution >= 0.6 is 0 Å². The highest BCUT2D eigenvalue weighted by atomic mass is 16.5. The van der Waals surface area contributed by atoms with Crippen molar-refractivity contribution in [1.82, 2.24) is 4.90 Å². The van der Waals surface area contributed by atoms with Gasteiger partial charge in [-0.1, -0.05) is 18.2 Å². The van der Waals surface area contributed by atoms with Crippen LogP contribution in [-0.2, 0) is 16.0 Å². The zero-order valence-electron chi connectivity index (χ0n) is 15.8. The molecule has 0 atom stereocenters. The quantitative estimate of drug-likeness (QED) is 0.882. The lowest BCUT2D eigenvalue weighted by Gasteiger charge is -2.36. The van der Waals surface area contributed by atoms with E-state index in [4.69, 9.17) is 4.74 Å². The van der Waals surface area contributed by atoms with Gasteiger partial charge in [-0.2, -0.15) is 0 Å². The van der Waals surface area contributed by atoms with Crippen molar-refractivity contribution in [3.63, 3.8) is 0 Å². The molecule has 1 aliphatic rings. The summed E-state index contributed by atoms with van der Waals surface area (Å²) in [6.45, 7) is 4.50. The van der Waals surface area contributed by atoms with Crippen LogP contribution in [0.3, 0.4) is 0 Å². The van der Waals surface area contributed by atoms with Gasteiger partial charge in [-0.25, -0.2) is 0 Å². The van der Waals surface area contributed by atoms with Crippen LogP contribution < -0.4 is 15.0 Å². The molecule has 0 spiro atoms. The van der Waals surface area contributed by atoms with Crippen LogP contribution in [0, 0.1) is 0 Å². The first-order valence-electron chi connectivity index (χ1n) is 9.08. The molecule has 0 unspecified atom stereocenters. The lowest BCUT2D eigenvalue weighted by molar-refractivity contribution is -0.130. The fourth-order valence-corrected chi connectivity index (χ4v) is 3.22. The summed E-state index contributed by atoms with van der Waals surface area (Å²) >= 11 is 0. The number of nitrogens with one attached hydrogen (secondary N) is 1. The number of benzene rings is 2. The number of carbonyl (C=O) groups is 2. The Hall–Kier alpha value is -3.02. The molecule has 3 rings (SSSR count). The first-order valence-corrected chi connectivity index (χ1v) is 9.08. The van der Waals surface area contributed by atoms with Crippen molar-refractivity contribution in [3.8, 4) is 5.75 Å². The van der Waals surface area contributed by atoms with Gasteiger partial charge in [0.05, 0.1) is 13.5 Å². The highest BCUT2D eigenvalue weighted by Crippen LogP contribution is 2.22. The van der Waals surface area contributed by atoms with Crippen molar-refractivity contribution in [2.45, 2.75) is 13.3 Å². The van der Waals surface area contributed by atoms with Crippen molar-refractivity contribution in [2.75, 3.05) is 43.5 Å². The molecule has 2 amide bonds. The van der Waals surface area contributed by atoms with E-state index in [1.165, 1.54) is 6.92 Å². The van der Waals surface area contributed by atoms with Crippen molar-refractivity contribution in [3.05, 3.63) is 54.1 Å². The molecule has 0 radical (unpaired) electrons. The summed E-state index contributed by atoms with van der Waals surface area (Å²) in [5, 5.41) is 2.73. The predicted molar refractivity (Wildman–Crippen MR) is 106 cm³/mol. The number of nitrogens with zero attached hydrogens (tertiary/aromatic N) is 2. The second-order valence-electron chi connectivity index (χ2n) is 6.62. The fourth-order valence-electron chi connectivity index (χ4n) is 3.22. The molecule has 142 valence electrons. The second kappa shape index (κ2) is 8.58. The van der Waals surface area contributed by atoms with Gasteiger partial charge in [-0.05, 0) is 29.8 Å². The first kappa shape index (κ1) is 18.8. The number of hydrogen-bond acceptors (Lipinski definition) is 4. The summed E-state index contributed by atoms with van der Waals surface area (Å²) < 4.78 is 5.29. The normalized spacial score (nSPS) is 14.0. The van der Waals surface area contributed by atoms with E-state index >= 15 is 0 Å². The highest BCUT2D eigenvalue weighted by Gasteiger charge is 2.21. The first-order chi connectivity index (χ1) is 13.0. The lowest BCUT2D eigenvalue weighted by Crippen LogP contribution is -2.49. The number of anilines is 2. The molecule has 1 fully saturated rings. The Labute approximate surface area is 159 Å². The summed E-state index contributed by atoms with van der Waals surface area (Å²) in [4.78, 5) is 27.8. The zero-order chi connectivity index (χ0) is 19.2. The minimum Gasteiger partial charge on any atom is -0.497 e. The van der Waals surface area contributed by atoms with Crippen LogP contribution in [0.5, 0.6) is 5.75 Å². The van der Waals surface area contributed by atoms with E-state index in [2.05, 4.69) is 16.3 Å². The molecular formula is C21H25N3O3. The van der Waals surface area contributed by atoms with E-state index in [0.29, 0.717) is 19.5 Å². The third-order valence-corrected chi connectivity index (χ3v) is 4.68. The zero-order valence-corrected chi connectivity index (χ0v) is 15.8. The minimum absolute atomic E-state index is 0.104. The van der Waals surface area contributed by atoms with Crippen LogP contribution in [0.1, 0.15) is 12.5 Å². The van der Waals surface area contributed by atoms with Crippen LogP contribution in [0.25, 0.3) is 0 Å². The van der Waals surface area contributed by atoms with Crippen LogP contribution in [0.4, 0.5) is 11.4 Å². The summed E-state index contributed by atoms with van der Waals surface area (Å²) in [6, 6.07) is 15.4. The summed E-state index contributed by atoms with van der Waals surface area (Å²) in [5.74, 6) is 0.869. The molecule has 6 heteroatoms. The van der Waals surface area contributed by atoms with Crippen molar-refractivity contribution in [2.24, 2.45) is 0 Å². The Morgan fingerprint density at radius 1 is 1.04 bits per heavy atom. The SMILES string of the molecule is COc1cccc(N2CCN(C(=O)Cc3ccc(NC(C)=O)cc3)CC2)c1. The van der Waals surface area contributed by atoms with Gasteiger partial charge in [-0.15, -0.1) is 0 Å². The standard InChI is InChI=1S/C21H25N3O3/c1-16(25)22-18-8-6-17(7-9-18)14-21(26)24-12-10-23(11-13-24)19-4-3-5-20(15-19)27-2/h3-9,15H,10-14H2,1-2H3,(H,22,25). The molecular weight excluding hydrogens is 342 g/mol. The van der Waals surface area contributed by atoms with E-state index in [9.17, 15) is 9.59 Å². The Morgan fingerprint density at radius 3 is 2.37 bits per heavy atom. The minimum atomic E-state index is -0.104. The molecule has 27 heavy (non-hydrogen) atoms. The molecule has 1 N–H and O–H groups in total. The molecule has 6 nitrogen and oxygen atoms in total. The average Bonchev–Trinajstić information content (AvgIpc) is 2.69. The Morgan fingerprint density at radius 2 is 1.74 bits per heavy atom. The van der Waals surface area contributed by atoms with Gasteiger partial charge < -0.3 is 19.9 Å². The fraction of sp³-hybridized carbons (Fsp3) is 0.333. The van der Waals surface area contributed by atoms with Gasteiger partial charge in [0.2, 0.25) is 11.8 Å². The molecule has 2 aromatic rings. The number of piperazine rings is 1. The predicted octanol–water partition coefficient (Wildman–Crippen LogP) is 2.54. The number of carbonyl (C=O) groups excluding carboxylic acids is 2. The smallest absolute Gasteiger partial charge is 0.227 e. The monoisotopic (exact) mass is 367 g/mol. The lowest BCUT2D eigenvalue weighted by atomic mass is 10.1. The number of ether oxygens (including phenoxy) is 1. The maximum atomic E-state index is 12.6. The largest absolute Gasteiger partial charge is 0.497 e. The highest BCUT2D eigenvalue weighted by molar-refractivity contribution is 5.88. The summed E-state index contributed by atoms with van der Waals surface area (Å²) in [6.07, 6.45) is 0.375. The number of rotatable bonds is 5. The van der Waals surface area contributed by atoms with Gasteiger partial charge in [0, 0.05) is 50.5 Å². The van der Waals surface area contributed by atoms with E-state index < -0.39 is 0 Å². The van der Waals surface area contributed by atoms with Gasteiger partial charge in [0.25, 0.3) is 0 Å². The van der Waals surface area contributed by atoms with Crippen LogP contribution in [0.2, 0.25) is 0 Å². The molecule has 2 aromatic carbocycles. The van der Waals surface area contributed by atoms with E-state index in [-0.39, 0.29) is 11.8 Å². The molecule has 1 saturated heterocycles. The molecule has 0 bridgehead atoms. The van der Waals surface area contributed by atoms with Gasteiger partial charge in [0.15, 0.2) is 0 Å². The van der Waals surface area contributed by atoms with Crippen molar-refractivity contribution in [1.29, 1.82) is 0 Å². The number of hydrogen-bond donors (Lipinski definition) is 1. The average molecular weight is 367 g/mol. The third-order valence-electron chi connectivity index (χ3n) is 4.68. The Bertz CT molecular complexity index is 797. The van der Waals surface area contributed by atoms with Gasteiger partial charge in [-0.3, -0.25) is 9.59 Å². The molecule has 1 aliphatic heterocycles. The van der Waals surface area contributed by atoms with E-state index in [1.54, 1.807) is 7.11 Å². The van der Waals surface area contributed by atoms with Crippen molar-refractivity contribution < 1.29 is 14.3 Å². The third kappa shape index (κ3) is 5.00. The van der Waals surface area contributed by atoms with E-state index in [0.717, 1.165) is 35.8 Å². The Balaban J connectivity index is 1.53. The van der Waals surface area contributed by atoms with Crippen LogP contribution in [0.15, 0.2) is 48.5 Å². The topological polar surface area (TPSA) is 61.9 Å². The number of amides is 2. The molecule has 0 saturated carbocycles. The van der Waals surface area contributed by atoms with Crippen molar-refractivity contribution >= 4 is 23.2 Å². The molecule has 0 aromatic heterocycles. The molecule has 1 heterocycles. The van der Waals surface area contributed by atoms with E-state index in [1.807, 2.05) is 47.4 Å².